The SMILES string of the molecule is O=C(O)CCCCCCC1C(=O)NC(=O)N1NCC(O)c1ccccc1. The quantitative estimate of drug-likeness (QED) is 0.350. The van der Waals surface area contributed by atoms with Gasteiger partial charge in [-0.2, -0.15) is 0 Å². The van der Waals surface area contributed by atoms with Crippen LogP contribution in [0.25, 0.3) is 0 Å². The number of urea groups is 1. The first kappa shape index (κ1) is 19.9. The number of nitrogens with zero attached hydrogens (tertiary/aromatic N) is 1. The molecule has 1 aliphatic rings. The summed E-state index contributed by atoms with van der Waals surface area (Å²) in [5.41, 5.74) is 3.57. The van der Waals surface area contributed by atoms with E-state index in [2.05, 4.69) is 10.7 Å². The third-order valence-corrected chi connectivity index (χ3v) is 4.32. The van der Waals surface area contributed by atoms with Crippen molar-refractivity contribution in [1.82, 2.24) is 15.8 Å². The molecule has 2 atom stereocenters. The Morgan fingerprint density at radius 2 is 1.85 bits per heavy atom. The van der Waals surface area contributed by atoms with E-state index in [1.54, 1.807) is 12.1 Å². The Balaban J connectivity index is 1.78. The number of aliphatic carboxylic acids is 1. The summed E-state index contributed by atoms with van der Waals surface area (Å²) < 4.78 is 0. The number of nitrogens with one attached hydrogen (secondary N) is 2. The average molecular weight is 363 g/mol. The van der Waals surface area contributed by atoms with Crippen molar-refractivity contribution >= 4 is 17.9 Å². The number of unbranched alkanes of at least 4 members (excludes halogenated alkanes) is 3. The lowest BCUT2D eigenvalue weighted by atomic mass is 10.1. The minimum atomic E-state index is -0.807. The first-order chi connectivity index (χ1) is 12.5. The van der Waals surface area contributed by atoms with Gasteiger partial charge >= 0.3 is 12.0 Å². The Morgan fingerprint density at radius 3 is 2.54 bits per heavy atom. The van der Waals surface area contributed by atoms with Crippen LogP contribution in [0.3, 0.4) is 0 Å². The molecule has 4 N–H and O–H groups in total. The van der Waals surface area contributed by atoms with Crippen LogP contribution in [0.4, 0.5) is 4.79 Å². The molecule has 0 bridgehead atoms. The minimum absolute atomic E-state index is 0.111. The van der Waals surface area contributed by atoms with Gasteiger partial charge < -0.3 is 10.2 Å². The number of imide groups is 1. The highest BCUT2D eigenvalue weighted by Gasteiger charge is 2.38. The lowest BCUT2D eigenvalue weighted by Crippen LogP contribution is -2.47. The molecular formula is C18H25N3O5. The van der Waals surface area contributed by atoms with Gasteiger partial charge in [-0.3, -0.25) is 14.9 Å². The van der Waals surface area contributed by atoms with Gasteiger partial charge in [0.25, 0.3) is 5.91 Å². The maximum absolute atomic E-state index is 12.0. The van der Waals surface area contributed by atoms with Crippen LogP contribution in [-0.2, 0) is 9.59 Å². The molecule has 0 spiro atoms. The number of aliphatic hydroxyl groups is 1. The summed E-state index contributed by atoms with van der Waals surface area (Å²) in [5.74, 6) is -1.17. The number of benzene rings is 1. The van der Waals surface area contributed by atoms with E-state index in [1.807, 2.05) is 18.2 Å². The van der Waals surface area contributed by atoms with Gasteiger partial charge in [0.2, 0.25) is 0 Å². The zero-order chi connectivity index (χ0) is 18.9. The first-order valence-electron chi connectivity index (χ1n) is 8.81. The molecule has 1 aliphatic heterocycles. The second-order valence-electron chi connectivity index (χ2n) is 6.32. The van der Waals surface area contributed by atoms with Gasteiger partial charge in [-0.05, 0) is 18.4 Å². The van der Waals surface area contributed by atoms with E-state index >= 15 is 0 Å². The minimum Gasteiger partial charge on any atom is -0.481 e. The highest BCUT2D eigenvalue weighted by atomic mass is 16.4. The van der Waals surface area contributed by atoms with Crippen molar-refractivity contribution < 1.29 is 24.6 Å². The summed E-state index contributed by atoms with van der Waals surface area (Å²) in [7, 11) is 0. The number of aliphatic hydroxyl groups excluding tert-OH is 1. The number of rotatable bonds is 11. The Bertz CT molecular complexity index is 623. The highest BCUT2D eigenvalue weighted by Crippen LogP contribution is 2.16. The number of carboxylic acids is 1. The van der Waals surface area contributed by atoms with Crippen LogP contribution in [0.15, 0.2) is 30.3 Å². The number of hydrazine groups is 1. The van der Waals surface area contributed by atoms with Crippen LogP contribution in [0, 0.1) is 0 Å². The van der Waals surface area contributed by atoms with Gasteiger partial charge in [-0.15, -0.1) is 0 Å². The molecule has 8 heteroatoms. The molecule has 2 rings (SSSR count). The molecule has 1 fully saturated rings. The van der Waals surface area contributed by atoms with E-state index < -0.39 is 24.1 Å². The Hall–Kier alpha value is -2.45. The van der Waals surface area contributed by atoms with Gasteiger partial charge in [0.05, 0.1) is 6.10 Å². The third kappa shape index (κ3) is 5.82. The Morgan fingerprint density at radius 1 is 1.15 bits per heavy atom. The molecule has 0 aromatic heterocycles. The van der Waals surface area contributed by atoms with Crippen molar-refractivity contribution in [2.45, 2.75) is 50.7 Å². The van der Waals surface area contributed by atoms with E-state index in [1.165, 1.54) is 5.01 Å². The smallest absolute Gasteiger partial charge is 0.339 e. The summed E-state index contributed by atoms with van der Waals surface area (Å²) in [5, 5.41) is 22.3. The van der Waals surface area contributed by atoms with Crippen LogP contribution in [-0.4, -0.2) is 45.7 Å². The molecule has 1 aromatic rings. The van der Waals surface area contributed by atoms with Gasteiger partial charge in [0, 0.05) is 13.0 Å². The normalized spacial score (nSPS) is 18.0. The average Bonchev–Trinajstić information content (AvgIpc) is 2.89. The first-order valence-corrected chi connectivity index (χ1v) is 8.81. The topological polar surface area (TPSA) is 119 Å². The molecule has 3 amide bonds. The van der Waals surface area contributed by atoms with E-state index in [-0.39, 0.29) is 18.9 Å². The van der Waals surface area contributed by atoms with Crippen molar-refractivity contribution in [2.24, 2.45) is 0 Å². The second kappa shape index (κ2) is 9.88. The van der Waals surface area contributed by atoms with Gasteiger partial charge in [-0.1, -0.05) is 49.6 Å². The largest absolute Gasteiger partial charge is 0.481 e. The number of carbonyl (C=O) groups is 3. The van der Waals surface area contributed by atoms with Crippen LogP contribution >= 0.6 is 0 Å². The number of amides is 3. The van der Waals surface area contributed by atoms with Crippen molar-refractivity contribution in [2.75, 3.05) is 6.54 Å². The molecule has 8 nitrogen and oxygen atoms in total. The van der Waals surface area contributed by atoms with E-state index in [0.717, 1.165) is 18.4 Å². The molecule has 2 unspecified atom stereocenters. The number of hydrogen-bond donors (Lipinski definition) is 4. The Labute approximate surface area is 152 Å². The highest BCUT2D eigenvalue weighted by molar-refractivity contribution is 6.03. The molecule has 1 heterocycles. The summed E-state index contributed by atoms with van der Waals surface area (Å²) in [4.78, 5) is 34.4. The van der Waals surface area contributed by atoms with Crippen molar-refractivity contribution in [3.8, 4) is 0 Å². The molecule has 26 heavy (non-hydrogen) atoms. The predicted molar refractivity (Wildman–Crippen MR) is 93.9 cm³/mol. The molecule has 142 valence electrons. The van der Waals surface area contributed by atoms with Crippen LogP contribution < -0.4 is 10.7 Å². The monoisotopic (exact) mass is 363 g/mol. The second-order valence-corrected chi connectivity index (χ2v) is 6.32. The number of carboxylic acid groups (broad SMARTS) is 1. The van der Waals surface area contributed by atoms with E-state index in [4.69, 9.17) is 5.11 Å². The lowest BCUT2D eigenvalue weighted by Gasteiger charge is -2.24. The van der Waals surface area contributed by atoms with Gasteiger partial charge in [-0.25, -0.2) is 15.2 Å². The molecule has 1 saturated heterocycles. The van der Waals surface area contributed by atoms with Crippen molar-refractivity contribution in [1.29, 1.82) is 0 Å². The summed E-state index contributed by atoms with van der Waals surface area (Å²) in [6, 6.07) is 7.92. The summed E-state index contributed by atoms with van der Waals surface area (Å²) >= 11 is 0. The van der Waals surface area contributed by atoms with Crippen LogP contribution in [0.2, 0.25) is 0 Å². The number of hydrogen-bond acceptors (Lipinski definition) is 5. The molecule has 0 radical (unpaired) electrons. The zero-order valence-electron chi connectivity index (χ0n) is 14.6. The fourth-order valence-corrected chi connectivity index (χ4v) is 2.90. The van der Waals surface area contributed by atoms with Crippen LogP contribution in [0.5, 0.6) is 0 Å². The maximum atomic E-state index is 12.0. The molecule has 1 aromatic carbocycles. The number of carbonyl (C=O) groups excluding carboxylic acids is 2. The Kier molecular flexibility index (Phi) is 7.55. The van der Waals surface area contributed by atoms with Crippen LogP contribution in [0.1, 0.15) is 50.2 Å². The standard InChI is InChI=1S/C18H25N3O5/c22-15(13-8-4-3-5-9-13)12-19-21-14(17(25)20-18(21)26)10-6-1-2-7-11-16(23)24/h3-5,8-9,14-15,19,22H,1-2,6-7,10-12H2,(H,23,24)(H,20,25,26). The van der Waals surface area contributed by atoms with Gasteiger partial charge in [0.15, 0.2) is 0 Å². The summed E-state index contributed by atoms with van der Waals surface area (Å²) in [6.45, 7) is 0.111. The molecule has 0 aliphatic carbocycles. The fraction of sp³-hybridized carbons (Fsp3) is 0.500. The fourth-order valence-electron chi connectivity index (χ4n) is 2.90. The molecule has 0 saturated carbocycles. The zero-order valence-corrected chi connectivity index (χ0v) is 14.6. The van der Waals surface area contributed by atoms with E-state index in [9.17, 15) is 19.5 Å². The van der Waals surface area contributed by atoms with Gasteiger partial charge in [0.1, 0.15) is 6.04 Å². The van der Waals surface area contributed by atoms with Crippen molar-refractivity contribution in [3.05, 3.63) is 35.9 Å². The maximum Gasteiger partial charge on any atom is 0.339 e. The van der Waals surface area contributed by atoms with E-state index in [0.29, 0.717) is 19.3 Å². The lowest BCUT2D eigenvalue weighted by molar-refractivity contribution is -0.137. The summed E-state index contributed by atoms with van der Waals surface area (Å²) in [6.07, 6.45) is 2.73. The van der Waals surface area contributed by atoms with Crippen molar-refractivity contribution in [3.63, 3.8) is 0 Å². The predicted octanol–water partition coefficient (Wildman–Crippen LogP) is 1.57. The third-order valence-electron chi connectivity index (χ3n) is 4.32. The molecular weight excluding hydrogens is 338 g/mol.